The van der Waals surface area contributed by atoms with Crippen LogP contribution >= 0.6 is 0 Å². The molecule has 0 spiro atoms. The van der Waals surface area contributed by atoms with Gasteiger partial charge in [0.1, 0.15) is 0 Å². The van der Waals surface area contributed by atoms with E-state index in [1.54, 1.807) is 6.07 Å². The van der Waals surface area contributed by atoms with E-state index in [0.717, 1.165) is 5.69 Å². The summed E-state index contributed by atoms with van der Waals surface area (Å²) in [4.78, 5) is 1.42. The monoisotopic (exact) mass is 145 g/mol. The molecule has 0 saturated carbocycles. The number of benzene rings is 1. The minimum Gasteiger partial charge on any atom is -0.135 e. The maximum absolute atomic E-state index is 3.85. The third-order valence-electron chi connectivity index (χ3n) is 1.26. The zero-order valence-corrected chi connectivity index (χ0v) is 5.68. The fraction of sp³-hybridized carbons (Fsp3) is 0. The fourth-order valence-electron chi connectivity index (χ4n) is 0.786. The van der Waals surface area contributed by atoms with E-state index in [1.165, 1.54) is 11.1 Å². The fourth-order valence-corrected chi connectivity index (χ4v) is 0.786. The number of hydrogen-bond acceptors (Lipinski definition) is 3. The van der Waals surface area contributed by atoms with Gasteiger partial charge >= 0.3 is 0 Å². The van der Waals surface area contributed by atoms with Gasteiger partial charge in [0.05, 0.1) is 5.69 Å². The minimum absolute atomic E-state index is 0.796. The summed E-state index contributed by atoms with van der Waals surface area (Å²) in [5.41, 5.74) is 0.796. The first-order chi connectivity index (χ1) is 5.47. The largest absolute Gasteiger partial charge is 0.162 e. The van der Waals surface area contributed by atoms with E-state index >= 15 is 0 Å². The van der Waals surface area contributed by atoms with Crippen LogP contribution in [-0.4, -0.2) is 20.2 Å². The molecule has 0 aliphatic rings. The molecule has 53 valence electrons. The van der Waals surface area contributed by atoms with Crippen molar-refractivity contribution >= 4 is 0 Å². The van der Waals surface area contributed by atoms with E-state index in [-0.39, 0.29) is 0 Å². The molecule has 0 aliphatic heterocycles. The van der Waals surface area contributed by atoms with Crippen LogP contribution < -0.4 is 0 Å². The molecule has 1 aromatic heterocycles. The molecule has 2 rings (SSSR count). The molecule has 4 nitrogen and oxygen atoms in total. The maximum Gasteiger partial charge on any atom is 0.162 e. The Labute approximate surface area is 63.5 Å². The summed E-state index contributed by atoms with van der Waals surface area (Å²) < 4.78 is 0. The van der Waals surface area contributed by atoms with Crippen molar-refractivity contribution in [1.82, 2.24) is 20.2 Å². The van der Waals surface area contributed by atoms with E-state index in [1.807, 2.05) is 18.2 Å². The highest BCUT2D eigenvalue weighted by atomic mass is 15.6. The molecule has 11 heavy (non-hydrogen) atoms. The minimum atomic E-state index is 0.796. The molecule has 0 saturated heterocycles. The van der Waals surface area contributed by atoms with Crippen molar-refractivity contribution in [2.75, 3.05) is 0 Å². The van der Waals surface area contributed by atoms with Gasteiger partial charge in [0.15, 0.2) is 6.33 Å². The summed E-state index contributed by atoms with van der Waals surface area (Å²) in [7, 11) is 0. The van der Waals surface area contributed by atoms with E-state index in [0.29, 0.717) is 0 Å². The Bertz CT molecular complexity index is 313. The first-order valence-corrected chi connectivity index (χ1v) is 3.17. The van der Waals surface area contributed by atoms with Crippen molar-refractivity contribution in [3.05, 3.63) is 36.7 Å². The standard InChI is InChI=1S/C7H5N4/c1-2-4-7(5-3-1)11-9-6-8-10-11/h1-4,6H. The smallest absolute Gasteiger partial charge is 0.135 e. The Morgan fingerprint density at radius 1 is 1.36 bits per heavy atom. The highest BCUT2D eigenvalue weighted by Crippen LogP contribution is 1.99. The van der Waals surface area contributed by atoms with E-state index in [2.05, 4.69) is 21.5 Å². The van der Waals surface area contributed by atoms with Gasteiger partial charge in [-0.05, 0) is 11.3 Å². The van der Waals surface area contributed by atoms with Gasteiger partial charge in [0, 0.05) is 6.07 Å². The summed E-state index contributed by atoms with van der Waals surface area (Å²) in [5.74, 6) is 0. The summed E-state index contributed by atoms with van der Waals surface area (Å²) in [6.45, 7) is 0. The van der Waals surface area contributed by atoms with Crippen molar-refractivity contribution < 1.29 is 0 Å². The van der Waals surface area contributed by atoms with Gasteiger partial charge in [0.2, 0.25) is 0 Å². The number of nitrogens with zero attached hydrogens (tertiary/aromatic N) is 4. The lowest BCUT2D eigenvalue weighted by molar-refractivity contribution is 0.719. The second kappa shape index (κ2) is 2.49. The zero-order chi connectivity index (χ0) is 7.52. The van der Waals surface area contributed by atoms with Crippen molar-refractivity contribution in [3.63, 3.8) is 0 Å². The van der Waals surface area contributed by atoms with Gasteiger partial charge in [0.25, 0.3) is 0 Å². The van der Waals surface area contributed by atoms with Crippen molar-refractivity contribution in [3.8, 4) is 5.69 Å². The average Bonchev–Trinajstić information content (AvgIpc) is 2.58. The Kier molecular flexibility index (Phi) is 1.37. The van der Waals surface area contributed by atoms with Gasteiger partial charge in [-0.2, -0.15) is 0 Å². The first-order valence-electron chi connectivity index (χ1n) is 3.17. The lowest BCUT2D eigenvalue weighted by Crippen LogP contribution is -1.97. The van der Waals surface area contributed by atoms with Crippen LogP contribution in [0.4, 0.5) is 0 Å². The van der Waals surface area contributed by atoms with Crippen LogP contribution in [0.2, 0.25) is 0 Å². The molecule has 0 unspecified atom stereocenters. The molecule has 1 aromatic carbocycles. The van der Waals surface area contributed by atoms with E-state index in [4.69, 9.17) is 0 Å². The van der Waals surface area contributed by atoms with Crippen LogP contribution in [0, 0.1) is 6.07 Å². The van der Waals surface area contributed by atoms with E-state index < -0.39 is 0 Å². The van der Waals surface area contributed by atoms with Gasteiger partial charge in [-0.25, -0.2) is 0 Å². The number of hydrogen-bond donors (Lipinski definition) is 0. The molecule has 0 amide bonds. The Hall–Kier alpha value is -1.71. The van der Waals surface area contributed by atoms with Gasteiger partial charge in [-0.3, -0.25) is 0 Å². The third-order valence-corrected chi connectivity index (χ3v) is 1.26. The molecule has 2 aromatic rings. The lowest BCUT2D eigenvalue weighted by Gasteiger charge is -1.93. The molecular formula is C7H5N4. The summed E-state index contributed by atoms with van der Waals surface area (Å²) in [6.07, 6.45) is 1.39. The molecule has 4 heteroatoms. The molecular weight excluding hydrogens is 140 g/mol. The second-order valence-corrected chi connectivity index (χ2v) is 1.97. The SMILES string of the molecule is [c]1ccccc1-n1ncnn1. The Morgan fingerprint density at radius 3 is 3.00 bits per heavy atom. The molecule has 0 bridgehead atoms. The number of rotatable bonds is 1. The summed E-state index contributed by atoms with van der Waals surface area (Å²) in [5, 5.41) is 11.1. The molecule has 1 heterocycles. The number of tetrazole rings is 1. The Morgan fingerprint density at radius 2 is 2.36 bits per heavy atom. The quantitative estimate of drug-likeness (QED) is 0.585. The topological polar surface area (TPSA) is 43.6 Å². The Balaban J connectivity index is 2.46. The van der Waals surface area contributed by atoms with Crippen LogP contribution in [0.3, 0.4) is 0 Å². The van der Waals surface area contributed by atoms with Gasteiger partial charge in [-0.15, -0.1) is 15.0 Å². The van der Waals surface area contributed by atoms with Crippen LogP contribution in [0.5, 0.6) is 0 Å². The zero-order valence-electron chi connectivity index (χ0n) is 5.68. The van der Waals surface area contributed by atoms with Crippen LogP contribution in [0.1, 0.15) is 0 Å². The molecule has 1 radical (unpaired) electrons. The van der Waals surface area contributed by atoms with Crippen LogP contribution in [0.15, 0.2) is 30.6 Å². The molecule has 0 atom stereocenters. The highest BCUT2D eigenvalue weighted by Gasteiger charge is 1.93. The molecule has 0 aliphatic carbocycles. The van der Waals surface area contributed by atoms with Crippen molar-refractivity contribution in [1.29, 1.82) is 0 Å². The second-order valence-electron chi connectivity index (χ2n) is 1.97. The molecule has 0 N–H and O–H groups in total. The maximum atomic E-state index is 3.85. The number of para-hydroxylation sites is 1. The highest BCUT2D eigenvalue weighted by molar-refractivity contribution is 5.26. The lowest BCUT2D eigenvalue weighted by atomic mass is 10.3. The van der Waals surface area contributed by atoms with Crippen LogP contribution in [0.25, 0.3) is 5.69 Å². The van der Waals surface area contributed by atoms with Gasteiger partial charge < -0.3 is 0 Å². The van der Waals surface area contributed by atoms with Crippen molar-refractivity contribution in [2.45, 2.75) is 0 Å². The van der Waals surface area contributed by atoms with E-state index in [9.17, 15) is 0 Å². The normalized spacial score (nSPS) is 9.82. The third kappa shape index (κ3) is 1.10. The predicted molar refractivity (Wildman–Crippen MR) is 38.0 cm³/mol. The average molecular weight is 145 g/mol. The predicted octanol–water partition coefficient (Wildman–Crippen LogP) is 0.462. The summed E-state index contributed by atoms with van der Waals surface area (Å²) >= 11 is 0. The first kappa shape index (κ1) is 6.03. The van der Waals surface area contributed by atoms with Gasteiger partial charge in [-0.1, -0.05) is 18.2 Å². The molecule has 0 fully saturated rings. The number of aromatic nitrogens is 4. The van der Waals surface area contributed by atoms with Crippen LogP contribution in [-0.2, 0) is 0 Å². The summed E-state index contributed by atoms with van der Waals surface area (Å²) in [6, 6.07) is 10.4. The van der Waals surface area contributed by atoms with Crippen molar-refractivity contribution in [2.24, 2.45) is 0 Å².